The van der Waals surface area contributed by atoms with Crippen molar-refractivity contribution in [2.75, 3.05) is 18.0 Å². The van der Waals surface area contributed by atoms with E-state index in [1.165, 1.54) is 0 Å². The molecular weight excluding hydrogens is 257 g/mol. The minimum absolute atomic E-state index is 0.0969. The van der Waals surface area contributed by atoms with Gasteiger partial charge in [0, 0.05) is 18.7 Å². The molecule has 2 rings (SSSR count). The molecule has 1 saturated heterocycles. The molecule has 104 valence electrons. The Balaban J connectivity index is 2.06. The number of alkyl halides is 3. The van der Waals surface area contributed by atoms with Gasteiger partial charge in [-0.05, 0) is 31.9 Å². The number of rotatable bonds is 2. The van der Waals surface area contributed by atoms with Crippen molar-refractivity contribution in [2.24, 2.45) is 5.92 Å². The van der Waals surface area contributed by atoms with Gasteiger partial charge in [0.2, 0.25) is 0 Å². The first kappa shape index (κ1) is 13.8. The predicted molar refractivity (Wildman–Crippen MR) is 65.4 cm³/mol. The summed E-state index contributed by atoms with van der Waals surface area (Å²) in [6.45, 7) is 2.41. The number of aryl methyl sites for hydroxylation is 1. The summed E-state index contributed by atoms with van der Waals surface area (Å²) in [7, 11) is 0. The normalized spacial score (nSPS) is 17.6. The quantitative estimate of drug-likeness (QED) is 0.776. The van der Waals surface area contributed by atoms with Gasteiger partial charge in [-0.2, -0.15) is 13.2 Å². The molecular formula is C13H15F3N2O. The van der Waals surface area contributed by atoms with E-state index in [-0.39, 0.29) is 12.8 Å². The molecule has 0 aromatic carbocycles. The number of hydrogen-bond acceptors (Lipinski definition) is 3. The van der Waals surface area contributed by atoms with Crippen molar-refractivity contribution in [2.45, 2.75) is 25.9 Å². The highest BCUT2D eigenvalue weighted by atomic mass is 19.4. The summed E-state index contributed by atoms with van der Waals surface area (Å²) >= 11 is 0. The first-order valence-electron chi connectivity index (χ1n) is 6.16. The molecule has 1 aromatic rings. The molecule has 1 aliphatic heterocycles. The van der Waals surface area contributed by atoms with Crippen molar-refractivity contribution in [3.05, 3.63) is 23.4 Å². The second-order valence-electron chi connectivity index (χ2n) is 4.76. The maximum absolute atomic E-state index is 12.6. The van der Waals surface area contributed by atoms with Crippen LogP contribution in [0.2, 0.25) is 0 Å². The third kappa shape index (κ3) is 3.05. The van der Waals surface area contributed by atoms with E-state index in [9.17, 15) is 18.0 Å². The summed E-state index contributed by atoms with van der Waals surface area (Å²) in [5, 5.41) is 0. The van der Waals surface area contributed by atoms with Crippen LogP contribution in [0.5, 0.6) is 0 Å². The zero-order valence-corrected chi connectivity index (χ0v) is 10.6. The van der Waals surface area contributed by atoms with Crippen molar-refractivity contribution in [3.8, 4) is 0 Å². The smallest absolute Gasteiger partial charge is 0.357 e. The van der Waals surface area contributed by atoms with Crippen LogP contribution in [0.15, 0.2) is 12.1 Å². The monoisotopic (exact) mass is 272 g/mol. The van der Waals surface area contributed by atoms with Gasteiger partial charge >= 0.3 is 6.18 Å². The Morgan fingerprint density at radius 3 is 2.42 bits per heavy atom. The molecule has 0 spiro atoms. The van der Waals surface area contributed by atoms with Crippen LogP contribution < -0.4 is 4.90 Å². The Morgan fingerprint density at radius 1 is 1.32 bits per heavy atom. The summed E-state index contributed by atoms with van der Waals surface area (Å²) in [4.78, 5) is 16.8. The summed E-state index contributed by atoms with van der Waals surface area (Å²) in [5.74, 6) is -0.567. The standard InChI is InChI=1S/C13H15F3N2O/c1-9-10(8-19)2-3-12(17-9)18-6-4-11(5-7-18)13(14,15)16/h2-3,8,11H,4-7H2,1H3. The second-order valence-corrected chi connectivity index (χ2v) is 4.76. The summed E-state index contributed by atoms with van der Waals surface area (Å²) in [6.07, 6.45) is -3.18. The number of carbonyl (C=O) groups excluding carboxylic acids is 1. The van der Waals surface area contributed by atoms with E-state index in [2.05, 4.69) is 4.98 Å². The maximum atomic E-state index is 12.6. The van der Waals surface area contributed by atoms with E-state index in [1.54, 1.807) is 19.1 Å². The summed E-state index contributed by atoms with van der Waals surface area (Å²) in [6, 6.07) is 3.34. The summed E-state index contributed by atoms with van der Waals surface area (Å²) < 4.78 is 37.7. The van der Waals surface area contributed by atoms with Gasteiger partial charge in [-0.3, -0.25) is 4.79 Å². The molecule has 0 radical (unpaired) electrons. The lowest BCUT2D eigenvalue weighted by atomic mass is 9.96. The number of pyridine rings is 1. The van der Waals surface area contributed by atoms with Gasteiger partial charge in [0.1, 0.15) is 5.82 Å². The van der Waals surface area contributed by atoms with E-state index < -0.39 is 12.1 Å². The molecule has 19 heavy (non-hydrogen) atoms. The van der Waals surface area contributed by atoms with Gasteiger partial charge in [-0.25, -0.2) is 4.98 Å². The zero-order chi connectivity index (χ0) is 14.0. The lowest BCUT2D eigenvalue weighted by Gasteiger charge is -2.33. The molecule has 1 aromatic heterocycles. The number of aromatic nitrogens is 1. The molecule has 0 N–H and O–H groups in total. The van der Waals surface area contributed by atoms with Crippen molar-refractivity contribution in [1.82, 2.24) is 4.98 Å². The van der Waals surface area contributed by atoms with E-state index in [4.69, 9.17) is 0 Å². The number of aldehydes is 1. The molecule has 1 aliphatic rings. The third-order valence-electron chi connectivity index (χ3n) is 3.52. The van der Waals surface area contributed by atoms with Crippen LogP contribution in [0.3, 0.4) is 0 Å². The van der Waals surface area contributed by atoms with Gasteiger partial charge < -0.3 is 4.90 Å². The Morgan fingerprint density at radius 2 is 1.95 bits per heavy atom. The Bertz CT molecular complexity index is 465. The van der Waals surface area contributed by atoms with Gasteiger partial charge in [0.25, 0.3) is 0 Å². The Hall–Kier alpha value is -1.59. The highest BCUT2D eigenvalue weighted by Gasteiger charge is 2.41. The topological polar surface area (TPSA) is 33.2 Å². The van der Waals surface area contributed by atoms with Crippen LogP contribution in [0.25, 0.3) is 0 Å². The molecule has 1 fully saturated rings. The van der Waals surface area contributed by atoms with Crippen LogP contribution >= 0.6 is 0 Å². The van der Waals surface area contributed by atoms with E-state index in [0.717, 1.165) is 6.29 Å². The molecule has 0 amide bonds. The van der Waals surface area contributed by atoms with E-state index >= 15 is 0 Å². The van der Waals surface area contributed by atoms with Crippen molar-refractivity contribution >= 4 is 12.1 Å². The van der Waals surface area contributed by atoms with Gasteiger partial charge in [0.05, 0.1) is 11.6 Å². The van der Waals surface area contributed by atoms with Crippen LogP contribution in [-0.2, 0) is 0 Å². The average Bonchev–Trinajstić information content (AvgIpc) is 2.38. The maximum Gasteiger partial charge on any atom is 0.391 e. The highest BCUT2D eigenvalue weighted by molar-refractivity contribution is 5.76. The number of piperidine rings is 1. The fourth-order valence-electron chi connectivity index (χ4n) is 2.30. The van der Waals surface area contributed by atoms with Crippen molar-refractivity contribution in [1.29, 1.82) is 0 Å². The lowest BCUT2D eigenvalue weighted by molar-refractivity contribution is -0.179. The number of halogens is 3. The van der Waals surface area contributed by atoms with Crippen molar-refractivity contribution < 1.29 is 18.0 Å². The second kappa shape index (κ2) is 5.19. The molecule has 0 atom stereocenters. The number of hydrogen-bond donors (Lipinski definition) is 0. The average molecular weight is 272 g/mol. The number of carbonyl (C=O) groups is 1. The van der Waals surface area contributed by atoms with Gasteiger partial charge in [0.15, 0.2) is 6.29 Å². The first-order chi connectivity index (χ1) is 8.91. The fourth-order valence-corrected chi connectivity index (χ4v) is 2.30. The van der Waals surface area contributed by atoms with Gasteiger partial charge in [-0.15, -0.1) is 0 Å². The molecule has 0 unspecified atom stereocenters. The van der Waals surface area contributed by atoms with Gasteiger partial charge in [-0.1, -0.05) is 0 Å². The first-order valence-corrected chi connectivity index (χ1v) is 6.16. The highest BCUT2D eigenvalue weighted by Crippen LogP contribution is 2.35. The molecule has 0 aliphatic carbocycles. The SMILES string of the molecule is Cc1nc(N2CCC(C(F)(F)F)CC2)ccc1C=O. The zero-order valence-electron chi connectivity index (χ0n) is 10.6. The van der Waals surface area contributed by atoms with Crippen LogP contribution in [-0.4, -0.2) is 30.5 Å². The summed E-state index contributed by atoms with van der Waals surface area (Å²) in [5.41, 5.74) is 1.11. The van der Waals surface area contributed by atoms with Crippen LogP contribution in [0.1, 0.15) is 28.9 Å². The Kier molecular flexibility index (Phi) is 3.78. The Labute approximate surface area is 109 Å². The van der Waals surface area contributed by atoms with Crippen LogP contribution in [0.4, 0.5) is 19.0 Å². The third-order valence-corrected chi connectivity index (χ3v) is 3.52. The number of nitrogens with zero attached hydrogens (tertiary/aromatic N) is 2. The lowest BCUT2D eigenvalue weighted by Crippen LogP contribution is -2.39. The molecule has 3 nitrogen and oxygen atoms in total. The fraction of sp³-hybridized carbons (Fsp3) is 0.538. The van der Waals surface area contributed by atoms with E-state index in [1.807, 2.05) is 4.90 Å². The predicted octanol–water partition coefficient (Wildman–Crippen LogP) is 2.98. The minimum Gasteiger partial charge on any atom is -0.357 e. The molecule has 2 heterocycles. The van der Waals surface area contributed by atoms with Crippen LogP contribution in [0, 0.1) is 12.8 Å². The molecule has 0 bridgehead atoms. The van der Waals surface area contributed by atoms with E-state index in [0.29, 0.717) is 30.2 Å². The minimum atomic E-state index is -4.10. The molecule has 6 heteroatoms. The largest absolute Gasteiger partial charge is 0.391 e. The molecule has 0 saturated carbocycles. The number of anilines is 1. The van der Waals surface area contributed by atoms with Crippen molar-refractivity contribution in [3.63, 3.8) is 0 Å².